The lowest BCUT2D eigenvalue weighted by atomic mass is 10.2. The van der Waals surface area contributed by atoms with Gasteiger partial charge < -0.3 is 10.2 Å². The summed E-state index contributed by atoms with van der Waals surface area (Å²) in [5.74, 6) is 0.346. The van der Waals surface area contributed by atoms with E-state index in [9.17, 15) is 4.39 Å². The van der Waals surface area contributed by atoms with E-state index >= 15 is 0 Å². The fourth-order valence-corrected chi connectivity index (χ4v) is 1.65. The van der Waals surface area contributed by atoms with Crippen LogP contribution < -0.4 is 5.73 Å². The first-order valence-electron chi connectivity index (χ1n) is 5.00. The first-order valence-corrected chi connectivity index (χ1v) is 5.00. The molecule has 84 valence electrons. The number of aromatic nitrogens is 2. The zero-order valence-electron chi connectivity index (χ0n) is 8.72. The minimum Gasteiger partial charge on any atom is -0.451 e. The zero-order valence-corrected chi connectivity index (χ0v) is 8.72. The monoisotopic (exact) mass is 229 g/mol. The van der Waals surface area contributed by atoms with Gasteiger partial charge >= 0.3 is 0 Å². The van der Waals surface area contributed by atoms with E-state index in [2.05, 4.69) is 9.97 Å². The summed E-state index contributed by atoms with van der Waals surface area (Å²) < 4.78 is 18.8. The Hall–Kier alpha value is -2.43. The average Bonchev–Trinajstić information content (AvgIpc) is 2.74. The lowest BCUT2D eigenvalue weighted by Gasteiger charge is -1.95. The van der Waals surface area contributed by atoms with Gasteiger partial charge in [-0.15, -0.1) is 0 Å². The van der Waals surface area contributed by atoms with Crippen molar-refractivity contribution in [1.29, 1.82) is 0 Å². The molecule has 3 aromatic rings. The molecular formula is C12H8FN3O. The molecule has 0 saturated heterocycles. The van der Waals surface area contributed by atoms with Gasteiger partial charge in [0.2, 0.25) is 0 Å². The van der Waals surface area contributed by atoms with Crippen LogP contribution in [0.3, 0.4) is 0 Å². The van der Waals surface area contributed by atoms with Gasteiger partial charge in [-0.1, -0.05) is 12.1 Å². The summed E-state index contributed by atoms with van der Waals surface area (Å²) in [6, 6.07) is 6.45. The molecular weight excluding hydrogens is 221 g/mol. The van der Waals surface area contributed by atoms with Gasteiger partial charge in [-0.3, -0.25) is 4.98 Å². The Labute approximate surface area is 95.9 Å². The topological polar surface area (TPSA) is 64.9 Å². The summed E-state index contributed by atoms with van der Waals surface area (Å²) in [7, 11) is 0. The van der Waals surface area contributed by atoms with Gasteiger partial charge in [-0.05, 0) is 12.1 Å². The molecule has 0 bridgehead atoms. The fraction of sp³-hybridized carbons (Fsp3) is 0. The zero-order chi connectivity index (χ0) is 11.8. The second kappa shape index (κ2) is 3.55. The van der Waals surface area contributed by atoms with Crippen LogP contribution in [0.15, 0.2) is 41.1 Å². The van der Waals surface area contributed by atoms with Crippen molar-refractivity contribution >= 4 is 16.8 Å². The largest absolute Gasteiger partial charge is 0.451 e. The SMILES string of the molecule is Nc1cncc(-c2cc3cccc(F)c3o2)n1. The molecule has 1 aromatic carbocycles. The molecule has 0 aliphatic heterocycles. The van der Waals surface area contributed by atoms with Gasteiger partial charge in [0.15, 0.2) is 17.2 Å². The predicted molar refractivity (Wildman–Crippen MR) is 61.6 cm³/mol. The molecule has 0 spiro atoms. The smallest absolute Gasteiger partial charge is 0.170 e. The molecule has 0 radical (unpaired) electrons. The van der Waals surface area contributed by atoms with Crippen molar-refractivity contribution in [3.63, 3.8) is 0 Å². The number of fused-ring (bicyclic) bond motifs is 1. The van der Waals surface area contributed by atoms with Crippen LogP contribution in [-0.4, -0.2) is 9.97 Å². The van der Waals surface area contributed by atoms with Crippen LogP contribution >= 0.6 is 0 Å². The van der Waals surface area contributed by atoms with Crippen LogP contribution in [0.2, 0.25) is 0 Å². The highest BCUT2D eigenvalue weighted by Gasteiger charge is 2.10. The van der Waals surface area contributed by atoms with Crippen LogP contribution in [0.4, 0.5) is 10.2 Å². The third-order valence-corrected chi connectivity index (χ3v) is 2.40. The maximum absolute atomic E-state index is 13.4. The van der Waals surface area contributed by atoms with Crippen LogP contribution in [-0.2, 0) is 0 Å². The van der Waals surface area contributed by atoms with Gasteiger partial charge in [-0.2, -0.15) is 0 Å². The molecule has 2 heterocycles. The molecule has 0 aliphatic rings. The van der Waals surface area contributed by atoms with E-state index in [1.807, 2.05) is 0 Å². The number of hydrogen-bond donors (Lipinski definition) is 1. The Morgan fingerprint density at radius 1 is 1.24 bits per heavy atom. The number of furan rings is 1. The van der Waals surface area contributed by atoms with E-state index in [1.165, 1.54) is 18.5 Å². The minimum atomic E-state index is -0.398. The lowest BCUT2D eigenvalue weighted by molar-refractivity contribution is 0.567. The average molecular weight is 229 g/mol. The summed E-state index contributed by atoms with van der Waals surface area (Å²) in [6.07, 6.45) is 2.96. The summed E-state index contributed by atoms with van der Waals surface area (Å²) in [5.41, 5.74) is 6.23. The van der Waals surface area contributed by atoms with Gasteiger partial charge in [0.1, 0.15) is 11.5 Å². The molecule has 4 nitrogen and oxygen atoms in total. The molecule has 0 unspecified atom stereocenters. The predicted octanol–water partition coefficient (Wildman–Crippen LogP) is 2.61. The van der Waals surface area contributed by atoms with Crippen molar-refractivity contribution in [3.05, 3.63) is 42.5 Å². The Kier molecular flexibility index (Phi) is 2.04. The first kappa shape index (κ1) is 9.77. The maximum Gasteiger partial charge on any atom is 0.170 e. The number of nitrogens with two attached hydrogens (primary N) is 1. The number of benzene rings is 1. The Balaban J connectivity index is 2.22. The molecule has 0 amide bonds. The summed E-state index contributed by atoms with van der Waals surface area (Å²) in [6.45, 7) is 0. The van der Waals surface area contributed by atoms with Crippen molar-refractivity contribution in [2.45, 2.75) is 0 Å². The van der Waals surface area contributed by atoms with Crippen molar-refractivity contribution < 1.29 is 8.81 Å². The van der Waals surface area contributed by atoms with E-state index in [1.54, 1.807) is 18.2 Å². The summed E-state index contributed by atoms with van der Waals surface area (Å²) in [4.78, 5) is 7.98. The van der Waals surface area contributed by atoms with E-state index in [-0.39, 0.29) is 5.58 Å². The molecule has 5 heteroatoms. The molecule has 0 atom stereocenters. The molecule has 17 heavy (non-hydrogen) atoms. The number of nitrogen functional groups attached to an aromatic ring is 1. The van der Waals surface area contributed by atoms with Crippen molar-refractivity contribution in [2.75, 3.05) is 5.73 Å². The second-order valence-corrected chi connectivity index (χ2v) is 3.60. The number of nitrogens with zero attached hydrogens (tertiary/aromatic N) is 2. The van der Waals surface area contributed by atoms with Crippen LogP contribution in [0.25, 0.3) is 22.4 Å². The highest BCUT2D eigenvalue weighted by molar-refractivity contribution is 5.82. The number of anilines is 1. The first-order chi connectivity index (χ1) is 8.24. The van der Waals surface area contributed by atoms with E-state index in [4.69, 9.17) is 10.2 Å². The van der Waals surface area contributed by atoms with Crippen molar-refractivity contribution in [3.8, 4) is 11.5 Å². The third kappa shape index (κ3) is 1.61. The minimum absolute atomic E-state index is 0.215. The van der Waals surface area contributed by atoms with Crippen molar-refractivity contribution in [1.82, 2.24) is 9.97 Å². The molecule has 0 aliphatic carbocycles. The van der Waals surface area contributed by atoms with Gasteiger partial charge in [0, 0.05) is 5.39 Å². The quantitative estimate of drug-likeness (QED) is 0.696. The summed E-state index contributed by atoms with van der Waals surface area (Å²) in [5, 5.41) is 0.684. The maximum atomic E-state index is 13.4. The third-order valence-electron chi connectivity index (χ3n) is 2.40. The number of para-hydroxylation sites is 1. The standard InChI is InChI=1S/C12H8FN3O/c13-8-3-1-2-7-4-10(17-12(7)8)9-5-15-6-11(14)16-9/h1-6H,(H2,14,16). The van der Waals surface area contributed by atoms with Crippen LogP contribution in [0, 0.1) is 5.82 Å². The van der Waals surface area contributed by atoms with Crippen LogP contribution in [0.5, 0.6) is 0 Å². The van der Waals surface area contributed by atoms with Crippen molar-refractivity contribution in [2.24, 2.45) is 0 Å². The Morgan fingerprint density at radius 2 is 2.12 bits per heavy atom. The fourth-order valence-electron chi connectivity index (χ4n) is 1.65. The van der Waals surface area contributed by atoms with Gasteiger partial charge in [0.05, 0.1) is 12.4 Å². The molecule has 0 fully saturated rings. The Bertz CT molecular complexity index is 693. The Morgan fingerprint density at radius 3 is 2.88 bits per heavy atom. The molecule has 0 saturated carbocycles. The van der Waals surface area contributed by atoms with E-state index < -0.39 is 5.82 Å². The van der Waals surface area contributed by atoms with Gasteiger partial charge in [-0.25, -0.2) is 9.37 Å². The second-order valence-electron chi connectivity index (χ2n) is 3.60. The van der Waals surface area contributed by atoms with E-state index in [0.29, 0.717) is 22.7 Å². The highest BCUT2D eigenvalue weighted by atomic mass is 19.1. The number of halogens is 1. The van der Waals surface area contributed by atoms with Crippen LogP contribution in [0.1, 0.15) is 0 Å². The van der Waals surface area contributed by atoms with Gasteiger partial charge in [0.25, 0.3) is 0 Å². The highest BCUT2D eigenvalue weighted by Crippen LogP contribution is 2.28. The summed E-state index contributed by atoms with van der Waals surface area (Å²) >= 11 is 0. The van der Waals surface area contributed by atoms with E-state index in [0.717, 1.165) is 0 Å². The number of rotatable bonds is 1. The number of hydrogen-bond acceptors (Lipinski definition) is 4. The normalized spacial score (nSPS) is 10.9. The molecule has 2 N–H and O–H groups in total. The lowest BCUT2D eigenvalue weighted by Crippen LogP contribution is -1.92. The molecule has 3 rings (SSSR count). The molecule has 2 aromatic heterocycles.